The van der Waals surface area contributed by atoms with Gasteiger partial charge in [0.05, 0.1) is 12.4 Å². The van der Waals surface area contributed by atoms with Crippen LogP contribution in [0.4, 0.5) is 0 Å². The summed E-state index contributed by atoms with van der Waals surface area (Å²) in [6, 6.07) is 6.00. The Kier molecular flexibility index (Phi) is 4.82. The highest BCUT2D eigenvalue weighted by molar-refractivity contribution is 9.09. The Morgan fingerprint density at radius 1 is 1.47 bits per heavy atom. The molecule has 0 saturated carbocycles. The molecular weight excluding hydrogens is 256 g/mol. The Hall–Kier alpha value is -0.830. The number of carbonyl (C=O) groups is 1. The maximum Gasteiger partial charge on any atom is 0.147 e. The lowest BCUT2D eigenvalue weighted by Gasteiger charge is -2.09. The minimum atomic E-state index is 0.168. The molecule has 1 aromatic rings. The van der Waals surface area contributed by atoms with Crippen LogP contribution in [0.5, 0.6) is 5.75 Å². The number of Topliss-reactive ketones (excluding diaryl/α,β-unsaturated/α-hetero) is 1. The molecular formula is C12H15BrO2. The lowest BCUT2D eigenvalue weighted by Crippen LogP contribution is -2.05. The number of ether oxygens (including phenoxy) is 1. The van der Waals surface area contributed by atoms with Crippen molar-refractivity contribution in [3.8, 4) is 5.75 Å². The molecule has 15 heavy (non-hydrogen) atoms. The third-order valence-corrected chi connectivity index (χ3v) is 2.92. The number of benzene rings is 1. The van der Waals surface area contributed by atoms with Gasteiger partial charge in [-0.15, -0.1) is 0 Å². The van der Waals surface area contributed by atoms with E-state index in [-0.39, 0.29) is 5.78 Å². The summed E-state index contributed by atoms with van der Waals surface area (Å²) in [4.78, 5) is 11.3. The van der Waals surface area contributed by atoms with Gasteiger partial charge in [0, 0.05) is 12.0 Å². The van der Waals surface area contributed by atoms with E-state index in [2.05, 4.69) is 22.9 Å². The van der Waals surface area contributed by atoms with Gasteiger partial charge in [-0.05, 0) is 18.1 Å². The second-order valence-electron chi connectivity index (χ2n) is 3.35. The molecule has 0 aliphatic carbocycles. The zero-order valence-corrected chi connectivity index (χ0v) is 10.6. The van der Waals surface area contributed by atoms with Crippen molar-refractivity contribution in [1.82, 2.24) is 0 Å². The fourth-order valence-corrected chi connectivity index (χ4v) is 1.65. The third-order valence-electron chi connectivity index (χ3n) is 2.29. The summed E-state index contributed by atoms with van der Waals surface area (Å²) in [5.41, 5.74) is 2.20. The fraction of sp³-hybridized carbons (Fsp3) is 0.417. The minimum absolute atomic E-state index is 0.168. The number of alkyl halides is 1. The summed E-state index contributed by atoms with van der Waals surface area (Å²) in [6.45, 7) is 2.10. The normalized spacial score (nSPS) is 10.1. The van der Waals surface area contributed by atoms with Crippen LogP contribution < -0.4 is 4.74 Å². The Morgan fingerprint density at radius 3 is 2.73 bits per heavy atom. The monoisotopic (exact) mass is 270 g/mol. The van der Waals surface area contributed by atoms with Crippen molar-refractivity contribution in [2.45, 2.75) is 19.8 Å². The van der Waals surface area contributed by atoms with Gasteiger partial charge in [-0.2, -0.15) is 0 Å². The molecule has 0 fully saturated rings. The smallest absolute Gasteiger partial charge is 0.147 e. The Morgan fingerprint density at radius 2 is 2.20 bits per heavy atom. The molecule has 0 unspecified atom stereocenters. The largest absolute Gasteiger partial charge is 0.496 e. The molecule has 0 bridgehead atoms. The van der Waals surface area contributed by atoms with E-state index >= 15 is 0 Å². The molecule has 3 heteroatoms. The number of ketones is 1. The highest BCUT2D eigenvalue weighted by Crippen LogP contribution is 2.21. The molecule has 0 spiro atoms. The molecule has 82 valence electrons. The molecule has 0 aromatic heterocycles. The standard InChI is InChI=1S/C12H15BrO2/c1-3-9-4-5-12(15-2)10(6-9)7-11(14)8-13/h4-6H,3,7-8H2,1-2H3. The first kappa shape index (κ1) is 12.2. The van der Waals surface area contributed by atoms with Crippen LogP contribution in [0.1, 0.15) is 18.1 Å². The number of halogens is 1. The summed E-state index contributed by atoms with van der Waals surface area (Å²) in [6.07, 6.45) is 1.40. The molecule has 0 aliphatic rings. The summed E-state index contributed by atoms with van der Waals surface area (Å²) >= 11 is 3.16. The predicted octanol–water partition coefficient (Wildman–Crippen LogP) is 2.76. The SMILES string of the molecule is CCc1ccc(OC)c(CC(=O)CBr)c1. The van der Waals surface area contributed by atoms with Gasteiger partial charge in [-0.3, -0.25) is 4.79 Å². The predicted molar refractivity (Wildman–Crippen MR) is 64.9 cm³/mol. The van der Waals surface area contributed by atoms with E-state index < -0.39 is 0 Å². The molecule has 0 radical (unpaired) electrons. The number of hydrogen-bond donors (Lipinski definition) is 0. The Labute approximate surface area is 98.8 Å². The maximum absolute atomic E-state index is 11.3. The number of rotatable bonds is 5. The van der Waals surface area contributed by atoms with E-state index in [0.29, 0.717) is 11.8 Å². The van der Waals surface area contributed by atoms with Gasteiger partial charge in [0.2, 0.25) is 0 Å². The lowest BCUT2D eigenvalue weighted by atomic mass is 10.0. The topological polar surface area (TPSA) is 26.3 Å². The maximum atomic E-state index is 11.3. The summed E-state index contributed by atoms with van der Waals surface area (Å²) in [7, 11) is 1.63. The van der Waals surface area contributed by atoms with E-state index in [9.17, 15) is 4.79 Å². The zero-order chi connectivity index (χ0) is 11.3. The van der Waals surface area contributed by atoms with E-state index in [0.717, 1.165) is 17.7 Å². The Bertz CT molecular complexity index is 347. The summed E-state index contributed by atoms with van der Waals surface area (Å²) in [5, 5.41) is 0.395. The van der Waals surface area contributed by atoms with Gasteiger partial charge in [0.1, 0.15) is 11.5 Å². The van der Waals surface area contributed by atoms with Crippen LogP contribution >= 0.6 is 15.9 Å². The van der Waals surface area contributed by atoms with Crippen LogP contribution in [0, 0.1) is 0 Å². The van der Waals surface area contributed by atoms with Crippen molar-refractivity contribution in [3.63, 3.8) is 0 Å². The second-order valence-corrected chi connectivity index (χ2v) is 3.91. The Balaban J connectivity index is 2.95. The van der Waals surface area contributed by atoms with Crippen molar-refractivity contribution < 1.29 is 9.53 Å². The van der Waals surface area contributed by atoms with Gasteiger partial charge in [0.25, 0.3) is 0 Å². The van der Waals surface area contributed by atoms with Gasteiger partial charge in [0.15, 0.2) is 0 Å². The highest BCUT2D eigenvalue weighted by Gasteiger charge is 2.08. The van der Waals surface area contributed by atoms with Crippen LogP contribution in [0.3, 0.4) is 0 Å². The molecule has 0 heterocycles. The molecule has 2 nitrogen and oxygen atoms in total. The van der Waals surface area contributed by atoms with Crippen molar-refractivity contribution in [2.24, 2.45) is 0 Å². The molecule has 0 amide bonds. The summed E-state index contributed by atoms with van der Waals surface area (Å²) in [5.74, 6) is 0.961. The number of aryl methyl sites for hydroxylation is 1. The average molecular weight is 271 g/mol. The van der Waals surface area contributed by atoms with Crippen LogP contribution in [0.25, 0.3) is 0 Å². The van der Waals surface area contributed by atoms with Crippen LogP contribution in [-0.2, 0) is 17.6 Å². The van der Waals surface area contributed by atoms with Crippen LogP contribution in [0.15, 0.2) is 18.2 Å². The van der Waals surface area contributed by atoms with Gasteiger partial charge in [-0.1, -0.05) is 35.0 Å². The lowest BCUT2D eigenvalue weighted by molar-refractivity contribution is -0.115. The second kappa shape index (κ2) is 5.91. The van der Waals surface area contributed by atoms with Crippen LogP contribution in [-0.4, -0.2) is 18.2 Å². The number of carbonyl (C=O) groups excluding carboxylic acids is 1. The quantitative estimate of drug-likeness (QED) is 0.770. The molecule has 0 atom stereocenters. The molecule has 0 aliphatic heterocycles. The molecule has 0 saturated heterocycles. The minimum Gasteiger partial charge on any atom is -0.496 e. The molecule has 1 rings (SSSR count). The van der Waals surface area contributed by atoms with Crippen LogP contribution in [0.2, 0.25) is 0 Å². The molecule has 1 aromatic carbocycles. The number of methoxy groups -OCH3 is 1. The van der Waals surface area contributed by atoms with Crippen molar-refractivity contribution in [1.29, 1.82) is 0 Å². The van der Waals surface area contributed by atoms with E-state index in [1.54, 1.807) is 7.11 Å². The number of hydrogen-bond acceptors (Lipinski definition) is 2. The van der Waals surface area contributed by atoms with Crippen molar-refractivity contribution in [3.05, 3.63) is 29.3 Å². The van der Waals surface area contributed by atoms with Gasteiger partial charge in [-0.25, -0.2) is 0 Å². The van der Waals surface area contributed by atoms with Gasteiger partial charge >= 0.3 is 0 Å². The zero-order valence-electron chi connectivity index (χ0n) is 9.05. The van der Waals surface area contributed by atoms with Crippen molar-refractivity contribution in [2.75, 3.05) is 12.4 Å². The van der Waals surface area contributed by atoms with Gasteiger partial charge < -0.3 is 4.74 Å². The van der Waals surface area contributed by atoms with E-state index in [4.69, 9.17) is 4.74 Å². The third kappa shape index (κ3) is 3.34. The first-order valence-electron chi connectivity index (χ1n) is 4.94. The van der Waals surface area contributed by atoms with E-state index in [1.807, 2.05) is 18.2 Å². The van der Waals surface area contributed by atoms with E-state index in [1.165, 1.54) is 5.56 Å². The molecule has 0 N–H and O–H groups in total. The first-order valence-corrected chi connectivity index (χ1v) is 6.06. The fourth-order valence-electron chi connectivity index (χ4n) is 1.45. The van der Waals surface area contributed by atoms with Crippen molar-refractivity contribution >= 4 is 21.7 Å². The highest BCUT2D eigenvalue weighted by atomic mass is 79.9. The first-order chi connectivity index (χ1) is 7.21. The average Bonchev–Trinajstić information content (AvgIpc) is 2.28. The summed E-state index contributed by atoms with van der Waals surface area (Å²) < 4.78 is 5.22.